The topological polar surface area (TPSA) is 72.8 Å². The maximum Gasteiger partial charge on any atom is 0.333 e. The molecular formula is C11H18NaO5. The fourth-order valence-corrected chi connectivity index (χ4v) is 0.341. The van der Waals surface area contributed by atoms with Crippen LogP contribution < -0.4 is 0 Å². The summed E-state index contributed by atoms with van der Waals surface area (Å²) in [5, 5.41) is 7.89. The summed E-state index contributed by atoms with van der Waals surface area (Å²) in [6, 6.07) is 0. The Balaban J connectivity index is -0.000000244. The standard InChI is InChI=1S/C7H12O3.C4H6O2.Na/c1-6(2)7(8)10-5-4-9-3;1-3(2)4(5)6;/h1,4-5H2,2-3H3;1H2,2H3,(H,5,6);. The number of esters is 1. The Labute approximate surface area is 124 Å². The first-order chi connectivity index (χ1) is 7.32. The van der Waals surface area contributed by atoms with E-state index in [9.17, 15) is 9.59 Å². The SMILES string of the molecule is C=C(C)C(=O)O.C=C(C)C(=O)OCCOC.[Na]. The van der Waals surface area contributed by atoms with E-state index in [0.29, 0.717) is 18.8 Å². The number of carboxylic acid groups (broad SMARTS) is 1. The number of aliphatic carboxylic acids is 1. The molecule has 0 spiro atoms. The molecule has 0 rings (SSSR count). The van der Waals surface area contributed by atoms with Crippen LogP contribution in [-0.2, 0) is 19.1 Å². The summed E-state index contributed by atoms with van der Waals surface area (Å²) in [6.07, 6.45) is 0. The number of ether oxygens (including phenoxy) is 2. The third-order valence-electron chi connectivity index (χ3n) is 1.23. The average molecular weight is 253 g/mol. The van der Waals surface area contributed by atoms with Crippen molar-refractivity contribution < 1.29 is 24.2 Å². The van der Waals surface area contributed by atoms with Gasteiger partial charge in [-0.3, -0.25) is 0 Å². The summed E-state index contributed by atoms with van der Waals surface area (Å²) >= 11 is 0. The van der Waals surface area contributed by atoms with Gasteiger partial charge >= 0.3 is 11.9 Å². The third kappa shape index (κ3) is 18.0. The molecular weight excluding hydrogens is 235 g/mol. The van der Waals surface area contributed by atoms with Crippen LogP contribution in [0.2, 0.25) is 0 Å². The molecule has 0 saturated carbocycles. The van der Waals surface area contributed by atoms with Crippen molar-refractivity contribution in [1.29, 1.82) is 0 Å². The van der Waals surface area contributed by atoms with Crippen LogP contribution in [0, 0.1) is 0 Å². The van der Waals surface area contributed by atoms with Gasteiger partial charge in [-0.05, 0) is 13.8 Å². The molecule has 0 aliphatic rings. The van der Waals surface area contributed by atoms with Gasteiger partial charge in [0, 0.05) is 47.8 Å². The molecule has 6 heteroatoms. The fourth-order valence-electron chi connectivity index (χ4n) is 0.341. The molecule has 0 fully saturated rings. The van der Waals surface area contributed by atoms with E-state index in [-0.39, 0.29) is 41.1 Å². The Morgan fingerprint density at radius 1 is 1.12 bits per heavy atom. The number of carboxylic acids is 1. The first-order valence-corrected chi connectivity index (χ1v) is 4.53. The zero-order valence-corrected chi connectivity index (χ0v) is 12.9. The van der Waals surface area contributed by atoms with Gasteiger partial charge in [-0.15, -0.1) is 0 Å². The quantitative estimate of drug-likeness (QED) is 0.343. The maximum atomic E-state index is 10.6. The first-order valence-electron chi connectivity index (χ1n) is 4.53. The van der Waals surface area contributed by atoms with Crippen molar-refractivity contribution in [2.75, 3.05) is 20.3 Å². The van der Waals surface area contributed by atoms with Gasteiger partial charge in [-0.1, -0.05) is 13.2 Å². The van der Waals surface area contributed by atoms with Crippen molar-refractivity contribution in [3.63, 3.8) is 0 Å². The smallest absolute Gasteiger partial charge is 0.333 e. The molecule has 93 valence electrons. The van der Waals surface area contributed by atoms with Crippen molar-refractivity contribution in [2.24, 2.45) is 0 Å². The number of carbonyl (C=O) groups excluding carboxylic acids is 1. The van der Waals surface area contributed by atoms with Gasteiger partial charge in [0.15, 0.2) is 0 Å². The molecule has 0 atom stereocenters. The number of hydrogen-bond acceptors (Lipinski definition) is 4. The summed E-state index contributed by atoms with van der Waals surface area (Å²) < 4.78 is 9.35. The van der Waals surface area contributed by atoms with Crippen LogP contribution >= 0.6 is 0 Å². The van der Waals surface area contributed by atoms with Gasteiger partial charge in [0.05, 0.1) is 6.61 Å². The van der Waals surface area contributed by atoms with Gasteiger partial charge < -0.3 is 14.6 Å². The molecule has 5 nitrogen and oxygen atoms in total. The van der Waals surface area contributed by atoms with E-state index in [1.54, 1.807) is 14.0 Å². The minimum atomic E-state index is -0.935. The van der Waals surface area contributed by atoms with Gasteiger partial charge in [-0.2, -0.15) is 0 Å². The van der Waals surface area contributed by atoms with Crippen molar-refractivity contribution >= 4 is 41.5 Å². The summed E-state index contributed by atoms with van der Waals surface area (Å²) in [7, 11) is 1.55. The Morgan fingerprint density at radius 2 is 1.53 bits per heavy atom. The predicted molar refractivity (Wildman–Crippen MR) is 65.9 cm³/mol. The van der Waals surface area contributed by atoms with Crippen LogP contribution in [0.25, 0.3) is 0 Å². The number of methoxy groups -OCH3 is 1. The third-order valence-corrected chi connectivity index (χ3v) is 1.23. The van der Waals surface area contributed by atoms with E-state index in [1.807, 2.05) is 0 Å². The molecule has 0 amide bonds. The van der Waals surface area contributed by atoms with Crippen LogP contribution in [0.5, 0.6) is 0 Å². The van der Waals surface area contributed by atoms with E-state index < -0.39 is 5.97 Å². The van der Waals surface area contributed by atoms with Crippen molar-refractivity contribution in [1.82, 2.24) is 0 Å². The van der Waals surface area contributed by atoms with E-state index in [4.69, 9.17) is 5.11 Å². The van der Waals surface area contributed by atoms with E-state index in [0.717, 1.165) is 0 Å². The number of carbonyl (C=O) groups is 2. The molecule has 0 aromatic carbocycles. The minimum Gasteiger partial charge on any atom is -0.478 e. The van der Waals surface area contributed by atoms with Crippen LogP contribution in [0.4, 0.5) is 0 Å². The van der Waals surface area contributed by atoms with Gasteiger partial charge in [0.25, 0.3) is 0 Å². The second-order valence-corrected chi connectivity index (χ2v) is 2.99. The normalized spacial score (nSPS) is 7.94. The van der Waals surface area contributed by atoms with Crippen LogP contribution in [0.3, 0.4) is 0 Å². The van der Waals surface area contributed by atoms with Crippen LogP contribution in [0.15, 0.2) is 24.3 Å². The maximum absolute atomic E-state index is 10.6. The monoisotopic (exact) mass is 253 g/mol. The van der Waals surface area contributed by atoms with Crippen molar-refractivity contribution in [2.45, 2.75) is 13.8 Å². The minimum absolute atomic E-state index is 0. The second kappa shape index (κ2) is 13.4. The summed E-state index contributed by atoms with van der Waals surface area (Å²) in [4.78, 5) is 20.2. The van der Waals surface area contributed by atoms with Gasteiger partial charge in [0.2, 0.25) is 0 Å². The summed E-state index contributed by atoms with van der Waals surface area (Å²) in [6.45, 7) is 10.3. The molecule has 0 bridgehead atoms. The zero-order valence-electron chi connectivity index (χ0n) is 10.9. The largest absolute Gasteiger partial charge is 0.478 e. The molecule has 17 heavy (non-hydrogen) atoms. The molecule has 0 saturated heterocycles. The van der Waals surface area contributed by atoms with Crippen LogP contribution in [-0.4, -0.2) is 66.9 Å². The molecule has 0 aromatic rings. The Hall–Kier alpha value is -0.620. The molecule has 0 aromatic heterocycles. The first kappa shape index (κ1) is 21.6. The van der Waals surface area contributed by atoms with Crippen LogP contribution in [0.1, 0.15) is 13.8 Å². The van der Waals surface area contributed by atoms with Gasteiger partial charge in [-0.25, -0.2) is 9.59 Å². The molecule has 0 heterocycles. The molecule has 0 aliphatic heterocycles. The van der Waals surface area contributed by atoms with E-state index >= 15 is 0 Å². The summed E-state index contributed by atoms with van der Waals surface area (Å²) in [5.74, 6) is -1.30. The average Bonchev–Trinajstić information content (AvgIpc) is 2.18. The number of hydrogen-bond donors (Lipinski definition) is 1. The van der Waals surface area contributed by atoms with Gasteiger partial charge in [0.1, 0.15) is 6.61 Å². The van der Waals surface area contributed by atoms with E-state index in [1.165, 1.54) is 6.92 Å². The molecule has 0 unspecified atom stereocenters. The second-order valence-electron chi connectivity index (χ2n) is 2.99. The zero-order chi connectivity index (χ0) is 13.1. The predicted octanol–water partition coefficient (Wildman–Crippen LogP) is 1.02. The summed E-state index contributed by atoms with van der Waals surface area (Å²) in [5.41, 5.74) is 0.589. The molecule has 0 aliphatic carbocycles. The van der Waals surface area contributed by atoms with Crippen molar-refractivity contribution in [3.05, 3.63) is 24.3 Å². The van der Waals surface area contributed by atoms with E-state index in [2.05, 4.69) is 22.6 Å². The van der Waals surface area contributed by atoms with Crippen molar-refractivity contribution in [3.8, 4) is 0 Å². The Morgan fingerprint density at radius 3 is 1.76 bits per heavy atom. The molecule has 1 N–H and O–H groups in total. The number of rotatable bonds is 5. The molecule has 1 radical (unpaired) electrons. The fraction of sp³-hybridized carbons (Fsp3) is 0.455. The Bertz CT molecular complexity index is 261. The Kier molecular flexibility index (Phi) is 17.1.